The molecule has 1 N–H and O–H groups in total. The predicted octanol–water partition coefficient (Wildman–Crippen LogP) is 1.97. The predicted molar refractivity (Wildman–Crippen MR) is 86.6 cm³/mol. The fourth-order valence-corrected chi connectivity index (χ4v) is 3.30. The maximum atomic E-state index is 11.8. The topological polar surface area (TPSA) is 60.7 Å². The highest BCUT2D eigenvalue weighted by atomic mass is 16.5. The molecule has 0 radical (unpaired) electrons. The number of nitrogens with zero attached hydrogens (tertiary/aromatic N) is 1. The molecule has 1 aromatic carbocycles. The Morgan fingerprint density at radius 3 is 2.74 bits per heavy atom. The van der Waals surface area contributed by atoms with Gasteiger partial charge in [0.2, 0.25) is 0 Å². The van der Waals surface area contributed by atoms with Gasteiger partial charge in [0.15, 0.2) is 0 Å². The molecule has 23 heavy (non-hydrogen) atoms. The number of aliphatic hydroxyl groups is 1. The SMILES string of the molecule is COC(=O)Cc1c2c(cn1CCO)CCc1cc(OC)ccc1-2. The van der Waals surface area contributed by atoms with E-state index in [1.807, 2.05) is 10.6 Å². The number of aryl methyl sites for hydroxylation is 2. The van der Waals surface area contributed by atoms with Gasteiger partial charge in [0.1, 0.15) is 5.75 Å². The summed E-state index contributed by atoms with van der Waals surface area (Å²) in [7, 11) is 3.06. The second-order valence-electron chi connectivity index (χ2n) is 5.67. The summed E-state index contributed by atoms with van der Waals surface area (Å²) in [6, 6.07) is 6.05. The maximum absolute atomic E-state index is 11.8. The lowest BCUT2D eigenvalue weighted by atomic mass is 9.86. The zero-order chi connectivity index (χ0) is 16.4. The van der Waals surface area contributed by atoms with Gasteiger partial charge in [-0.2, -0.15) is 0 Å². The lowest BCUT2D eigenvalue weighted by Crippen LogP contribution is -2.13. The van der Waals surface area contributed by atoms with Crippen molar-refractivity contribution in [1.82, 2.24) is 4.57 Å². The third-order valence-electron chi connectivity index (χ3n) is 4.39. The Morgan fingerprint density at radius 2 is 2.04 bits per heavy atom. The van der Waals surface area contributed by atoms with Crippen molar-refractivity contribution in [2.24, 2.45) is 0 Å². The van der Waals surface area contributed by atoms with Gasteiger partial charge in [0.25, 0.3) is 0 Å². The first-order valence-electron chi connectivity index (χ1n) is 7.73. The number of methoxy groups -OCH3 is 2. The standard InChI is InChI=1S/C18H21NO4/c1-22-14-5-6-15-12(9-14)3-4-13-11-19(7-8-20)16(18(13)15)10-17(21)23-2/h5-6,9,11,20H,3-4,7-8,10H2,1-2H3. The van der Waals surface area contributed by atoms with Gasteiger partial charge in [0.05, 0.1) is 27.2 Å². The van der Waals surface area contributed by atoms with Crippen LogP contribution in [0.15, 0.2) is 24.4 Å². The Hall–Kier alpha value is -2.27. The summed E-state index contributed by atoms with van der Waals surface area (Å²) in [5, 5.41) is 9.31. The molecular formula is C18H21NO4. The number of esters is 1. The van der Waals surface area contributed by atoms with E-state index in [9.17, 15) is 9.90 Å². The third-order valence-corrected chi connectivity index (χ3v) is 4.39. The molecule has 0 fully saturated rings. The van der Waals surface area contributed by atoms with E-state index in [2.05, 4.69) is 18.3 Å². The normalized spacial score (nSPS) is 12.5. The third kappa shape index (κ3) is 2.84. The van der Waals surface area contributed by atoms with E-state index in [0.717, 1.165) is 35.4 Å². The maximum Gasteiger partial charge on any atom is 0.311 e. The molecular weight excluding hydrogens is 294 g/mol. The molecule has 0 amide bonds. The molecule has 5 heteroatoms. The van der Waals surface area contributed by atoms with E-state index in [1.54, 1.807) is 7.11 Å². The Bertz CT molecular complexity index is 733. The first kappa shape index (κ1) is 15.6. The highest BCUT2D eigenvalue weighted by molar-refractivity contribution is 5.81. The molecule has 1 heterocycles. The summed E-state index contributed by atoms with van der Waals surface area (Å²) in [5.74, 6) is 0.572. The van der Waals surface area contributed by atoms with Crippen molar-refractivity contribution in [3.63, 3.8) is 0 Å². The van der Waals surface area contributed by atoms with Gasteiger partial charge in [-0.3, -0.25) is 4.79 Å². The number of carbonyl (C=O) groups excluding carboxylic acids is 1. The van der Waals surface area contributed by atoms with Crippen LogP contribution in [0.2, 0.25) is 0 Å². The zero-order valence-corrected chi connectivity index (χ0v) is 13.5. The van der Waals surface area contributed by atoms with Crippen molar-refractivity contribution in [3.05, 3.63) is 41.2 Å². The van der Waals surface area contributed by atoms with Crippen LogP contribution in [0.5, 0.6) is 5.75 Å². The first-order chi connectivity index (χ1) is 11.2. The Balaban J connectivity index is 2.12. The van der Waals surface area contributed by atoms with Crippen molar-refractivity contribution >= 4 is 5.97 Å². The number of aromatic nitrogens is 1. The average Bonchev–Trinajstić information content (AvgIpc) is 2.92. The van der Waals surface area contributed by atoms with Gasteiger partial charge < -0.3 is 19.1 Å². The van der Waals surface area contributed by atoms with Gasteiger partial charge >= 0.3 is 5.97 Å². The van der Waals surface area contributed by atoms with Gasteiger partial charge in [-0.15, -0.1) is 0 Å². The van der Waals surface area contributed by atoms with Gasteiger partial charge in [-0.1, -0.05) is 6.07 Å². The molecule has 0 atom stereocenters. The number of benzene rings is 1. The molecule has 0 unspecified atom stereocenters. The number of ether oxygens (including phenoxy) is 2. The molecule has 1 aliphatic rings. The summed E-state index contributed by atoms with van der Waals surface area (Å²) in [6.07, 6.45) is 4.12. The fourth-order valence-electron chi connectivity index (χ4n) is 3.30. The zero-order valence-electron chi connectivity index (χ0n) is 13.5. The van der Waals surface area contributed by atoms with Crippen LogP contribution >= 0.6 is 0 Å². The van der Waals surface area contributed by atoms with Crippen molar-refractivity contribution in [2.45, 2.75) is 25.8 Å². The molecule has 1 aromatic heterocycles. The van der Waals surface area contributed by atoms with Gasteiger partial charge in [-0.05, 0) is 41.7 Å². The molecule has 0 aliphatic heterocycles. The highest BCUT2D eigenvalue weighted by Gasteiger charge is 2.25. The van der Waals surface area contributed by atoms with E-state index >= 15 is 0 Å². The molecule has 0 saturated carbocycles. The van der Waals surface area contributed by atoms with Crippen molar-refractivity contribution in [3.8, 4) is 16.9 Å². The lowest BCUT2D eigenvalue weighted by molar-refractivity contribution is -0.139. The molecule has 0 saturated heterocycles. The monoisotopic (exact) mass is 315 g/mol. The largest absolute Gasteiger partial charge is 0.497 e. The van der Waals surface area contributed by atoms with E-state index in [-0.39, 0.29) is 19.0 Å². The molecule has 3 rings (SSSR count). The molecule has 5 nitrogen and oxygen atoms in total. The second-order valence-corrected chi connectivity index (χ2v) is 5.67. The van der Waals surface area contributed by atoms with Crippen LogP contribution in [0.3, 0.4) is 0 Å². The second kappa shape index (κ2) is 6.46. The first-order valence-corrected chi connectivity index (χ1v) is 7.73. The highest BCUT2D eigenvalue weighted by Crippen LogP contribution is 2.39. The van der Waals surface area contributed by atoms with E-state index in [0.29, 0.717) is 6.54 Å². The van der Waals surface area contributed by atoms with E-state index in [4.69, 9.17) is 9.47 Å². The van der Waals surface area contributed by atoms with Crippen molar-refractivity contribution in [1.29, 1.82) is 0 Å². The molecule has 0 bridgehead atoms. The Labute approximate surface area is 135 Å². The summed E-state index contributed by atoms with van der Waals surface area (Å²) < 4.78 is 12.1. The number of hydrogen-bond donors (Lipinski definition) is 1. The Morgan fingerprint density at radius 1 is 1.26 bits per heavy atom. The van der Waals surface area contributed by atoms with Crippen LogP contribution in [-0.4, -0.2) is 36.5 Å². The molecule has 122 valence electrons. The van der Waals surface area contributed by atoms with Crippen LogP contribution in [0.25, 0.3) is 11.1 Å². The molecule has 0 spiro atoms. The van der Waals surface area contributed by atoms with Crippen LogP contribution in [0, 0.1) is 0 Å². The number of fused-ring (bicyclic) bond motifs is 3. The summed E-state index contributed by atoms with van der Waals surface area (Å²) >= 11 is 0. The van der Waals surface area contributed by atoms with Gasteiger partial charge in [-0.25, -0.2) is 0 Å². The van der Waals surface area contributed by atoms with Crippen LogP contribution < -0.4 is 4.74 Å². The summed E-state index contributed by atoms with van der Waals surface area (Å²) in [5.41, 5.74) is 5.60. The number of hydrogen-bond acceptors (Lipinski definition) is 4. The Kier molecular flexibility index (Phi) is 4.39. The van der Waals surface area contributed by atoms with E-state index < -0.39 is 0 Å². The number of carbonyl (C=O) groups is 1. The smallest absolute Gasteiger partial charge is 0.311 e. The molecule has 2 aromatic rings. The minimum Gasteiger partial charge on any atom is -0.497 e. The molecule has 1 aliphatic carbocycles. The van der Waals surface area contributed by atoms with Crippen LogP contribution in [-0.2, 0) is 35.3 Å². The number of rotatable bonds is 5. The lowest BCUT2D eigenvalue weighted by Gasteiger charge is -2.19. The quantitative estimate of drug-likeness (QED) is 0.857. The number of aliphatic hydroxyl groups excluding tert-OH is 1. The van der Waals surface area contributed by atoms with Crippen LogP contribution in [0.4, 0.5) is 0 Å². The summed E-state index contributed by atoms with van der Waals surface area (Å²) in [4.78, 5) is 11.8. The van der Waals surface area contributed by atoms with E-state index in [1.165, 1.54) is 18.2 Å². The fraction of sp³-hybridized carbons (Fsp3) is 0.389. The van der Waals surface area contributed by atoms with Gasteiger partial charge in [0, 0.05) is 24.0 Å². The van der Waals surface area contributed by atoms with Crippen LogP contribution in [0.1, 0.15) is 16.8 Å². The average molecular weight is 315 g/mol. The minimum atomic E-state index is -0.272. The van der Waals surface area contributed by atoms with Crippen molar-refractivity contribution < 1.29 is 19.4 Å². The summed E-state index contributed by atoms with van der Waals surface area (Å²) in [6.45, 7) is 0.516. The minimum absolute atomic E-state index is 0.0389. The van der Waals surface area contributed by atoms with Crippen molar-refractivity contribution in [2.75, 3.05) is 20.8 Å².